The van der Waals surface area contributed by atoms with Crippen LogP contribution in [0.3, 0.4) is 0 Å². The van der Waals surface area contributed by atoms with Gasteiger partial charge in [-0.05, 0) is 43.5 Å². The molecular weight excluding hydrogens is 224 g/mol. The number of hydrogen-bond donors (Lipinski definition) is 2. The molecule has 1 fully saturated rings. The van der Waals surface area contributed by atoms with E-state index < -0.39 is 0 Å². The molecule has 0 radical (unpaired) electrons. The SMILES string of the molecule is OCC1CCN(Cc2c[nH]c3ccccc23)CC1. The van der Waals surface area contributed by atoms with Crippen LogP contribution in [0.2, 0.25) is 0 Å². The summed E-state index contributed by atoms with van der Waals surface area (Å²) in [4.78, 5) is 5.82. The van der Waals surface area contributed by atoms with Gasteiger partial charge in [0.05, 0.1) is 0 Å². The standard InChI is InChI=1S/C15H20N2O/c18-11-12-5-7-17(8-6-12)10-13-9-16-15-4-2-1-3-14(13)15/h1-4,9,12,16,18H,5-8,10-11H2. The minimum Gasteiger partial charge on any atom is -0.396 e. The van der Waals surface area contributed by atoms with Gasteiger partial charge in [-0.3, -0.25) is 4.90 Å². The number of H-pyrrole nitrogens is 1. The van der Waals surface area contributed by atoms with E-state index in [9.17, 15) is 0 Å². The van der Waals surface area contributed by atoms with E-state index in [1.807, 2.05) is 0 Å². The molecule has 3 heteroatoms. The predicted molar refractivity (Wildman–Crippen MR) is 73.4 cm³/mol. The van der Waals surface area contributed by atoms with Gasteiger partial charge < -0.3 is 10.1 Å². The quantitative estimate of drug-likeness (QED) is 0.870. The van der Waals surface area contributed by atoms with Gasteiger partial charge in [0.1, 0.15) is 0 Å². The van der Waals surface area contributed by atoms with Crippen LogP contribution in [0.5, 0.6) is 0 Å². The van der Waals surface area contributed by atoms with Crippen LogP contribution < -0.4 is 0 Å². The van der Waals surface area contributed by atoms with E-state index in [0.717, 1.165) is 32.5 Å². The lowest BCUT2D eigenvalue weighted by atomic mass is 9.97. The van der Waals surface area contributed by atoms with E-state index in [4.69, 9.17) is 5.11 Å². The van der Waals surface area contributed by atoms with Crippen molar-refractivity contribution in [2.75, 3.05) is 19.7 Å². The summed E-state index contributed by atoms with van der Waals surface area (Å²) in [6, 6.07) is 8.46. The zero-order valence-corrected chi connectivity index (χ0v) is 10.6. The maximum atomic E-state index is 9.15. The van der Waals surface area contributed by atoms with Gasteiger partial charge in [-0.25, -0.2) is 0 Å². The lowest BCUT2D eigenvalue weighted by Gasteiger charge is -2.30. The van der Waals surface area contributed by atoms with Gasteiger partial charge in [0, 0.05) is 30.3 Å². The first-order chi connectivity index (χ1) is 8.86. The van der Waals surface area contributed by atoms with Crippen LogP contribution in [-0.2, 0) is 6.54 Å². The maximum Gasteiger partial charge on any atom is 0.0460 e. The average Bonchev–Trinajstić information content (AvgIpc) is 2.83. The molecule has 0 unspecified atom stereocenters. The Morgan fingerprint density at radius 2 is 2.00 bits per heavy atom. The van der Waals surface area contributed by atoms with Crippen LogP contribution in [0.4, 0.5) is 0 Å². The number of aromatic nitrogens is 1. The molecule has 1 aliphatic heterocycles. The van der Waals surface area contributed by atoms with Crippen molar-refractivity contribution in [1.82, 2.24) is 9.88 Å². The summed E-state index contributed by atoms with van der Waals surface area (Å²) in [6.07, 6.45) is 4.38. The summed E-state index contributed by atoms with van der Waals surface area (Å²) in [5.41, 5.74) is 2.60. The number of benzene rings is 1. The molecule has 2 N–H and O–H groups in total. The second kappa shape index (κ2) is 5.12. The molecule has 1 aromatic heterocycles. The van der Waals surface area contributed by atoms with Crippen molar-refractivity contribution in [3.8, 4) is 0 Å². The molecule has 1 aliphatic rings. The first-order valence-electron chi connectivity index (χ1n) is 6.75. The number of fused-ring (bicyclic) bond motifs is 1. The van der Waals surface area contributed by atoms with Gasteiger partial charge in [-0.15, -0.1) is 0 Å². The summed E-state index contributed by atoms with van der Waals surface area (Å²) in [5.74, 6) is 0.518. The number of aliphatic hydroxyl groups is 1. The van der Waals surface area contributed by atoms with Crippen LogP contribution >= 0.6 is 0 Å². The fourth-order valence-corrected chi connectivity index (χ4v) is 2.83. The van der Waals surface area contributed by atoms with Gasteiger partial charge in [-0.2, -0.15) is 0 Å². The molecule has 18 heavy (non-hydrogen) atoms. The van der Waals surface area contributed by atoms with Gasteiger partial charge >= 0.3 is 0 Å². The number of nitrogens with one attached hydrogen (secondary N) is 1. The third-order valence-corrected chi connectivity index (χ3v) is 4.03. The van der Waals surface area contributed by atoms with E-state index in [2.05, 4.69) is 40.3 Å². The molecule has 0 bridgehead atoms. The summed E-state index contributed by atoms with van der Waals surface area (Å²) in [6.45, 7) is 3.57. The first-order valence-corrected chi connectivity index (χ1v) is 6.75. The second-order valence-corrected chi connectivity index (χ2v) is 5.26. The fraction of sp³-hybridized carbons (Fsp3) is 0.467. The zero-order valence-electron chi connectivity index (χ0n) is 10.6. The number of piperidine rings is 1. The van der Waals surface area contributed by atoms with E-state index in [1.165, 1.54) is 16.5 Å². The highest BCUT2D eigenvalue weighted by atomic mass is 16.3. The normalized spacial score (nSPS) is 18.5. The van der Waals surface area contributed by atoms with Crippen molar-refractivity contribution in [2.45, 2.75) is 19.4 Å². The Labute approximate surface area is 107 Å². The molecular formula is C15H20N2O. The first kappa shape index (κ1) is 11.8. The Kier molecular flexibility index (Phi) is 3.35. The van der Waals surface area contributed by atoms with Gasteiger partial charge in [0.15, 0.2) is 0 Å². The largest absolute Gasteiger partial charge is 0.396 e. The lowest BCUT2D eigenvalue weighted by molar-refractivity contribution is 0.127. The highest BCUT2D eigenvalue weighted by molar-refractivity contribution is 5.82. The average molecular weight is 244 g/mol. The Bertz CT molecular complexity index is 512. The third-order valence-electron chi connectivity index (χ3n) is 4.03. The van der Waals surface area contributed by atoms with Crippen LogP contribution in [0.25, 0.3) is 10.9 Å². The van der Waals surface area contributed by atoms with Crippen molar-refractivity contribution in [1.29, 1.82) is 0 Å². The molecule has 0 spiro atoms. The molecule has 96 valence electrons. The Balaban J connectivity index is 1.70. The third kappa shape index (κ3) is 2.28. The minimum absolute atomic E-state index is 0.348. The van der Waals surface area contributed by atoms with Crippen molar-refractivity contribution in [3.05, 3.63) is 36.0 Å². The monoisotopic (exact) mass is 244 g/mol. The summed E-state index contributed by atoms with van der Waals surface area (Å²) in [5, 5.41) is 10.5. The summed E-state index contributed by atoms with van der Waals surface area (Å²) < 4.78 is 0. The Hall–Kier alpha value is -1.32. The summed E-state index contributed by atoms with van der Waals surface area (Å²) >= 11 is 0. The number of rotatable bonds is 3. The van der Waals surface area contributed by atoms with Gasteiger partial charge in [0.25, 0.3) is 0 Å². The fourth-order valence-electron chi connectivity index (χ4n) is 2.83. The zero-order chi connectivity index (χ0) is 12.4. The number of aromatic amines is 1. The van der Waals surface area contributed by atoms with Crippen molar-refractivity contribution in [3.63, 3.8) is 0 Å². The van der Waals surface area contributed by atoms with E-state index in [1.54, 1.807) is 0 Å². The predicted octanol–water partition coefficient (Wildman–Crippen LogP) is 2.37. The Morgan fingerprint density at radius 3 is 2.78 bits per heavy atom. The molecule has 0 atom stereocenters. The van der Waals surface area contributed by atoms with Gasteiger partial charge in [0.2, 0.25) is 0 Å². The number of aliphatic hydroxyl groups excluding tert-OH is 1. The molecule has 3 nitrogen and oxygen atoms in total. The molecule has 1 aromatic carbocycles. The number of hydrogen-bond acceptors (Lipinski definition) is 2. The smallest absolute Gasteiger partial charge is 0.0460 e. The molecule has 0 saturated carbocycles. The van der Waals surface area contributed by atoms with Crippen molar-refractivity contribution < 1.29 is 5.11 Å². The van der Waals surface area contributed by atoms with Gasteiger partial charge in [-0.1, -0.05) is 18.2 Å². The van der Waals surface area contributed by atoms with Crippen LogP contribution in [0.15, 0.2) is 30.5 Å². The molecule has 3 rings (SSSR count). The lowest BCUT2D eigenvalue weighted by Crippen LogP contribution is -2.34. The molecule has 2 aromatic rings. The van der Waals surface area contributed by atoms with Crippen molar-refractivity contribution in [2.24, 2.45) is 5.92 Å². The number of likely N-dealkylation sites (tertiary alicyclic amines) is 1. The van der Waals surface area contributed by atoms with Crippen molar-refractivity contribution >= 4 is 10.9 Å². The topological polar surface area (TPSA) is 39.3 Å². The van der Waals surface area contributed by atoms with E-state index in [-0.39, 0.29) is 0 Å². The highest BCUT2D eigenvalue weighted by Gasteiger charge is 2.19. The molecule has 0 amide bonds. The van der Waals surface area contributed by atoms with Crippen LogP contribution in [0, 0.1) is 5.92 Å². The molecule has 0 aliphatic carbocycles. The maximum absolute atomic E-state index is 9.15. The van der Waals surface area contributed by atoms with Crippen LogP contribution in [0.1, 0.15) is 18.4 Å². The van der Waals surface area contributed by atoms with Crippen LogP contribution in [-0.4, -0.2) is 34.7 Å². The molecule has 1 saturated heterocycles. The number of nitrogens with zero attached hydrogens (tertiary/aromatic N) is 1. The van der Waals surface area contributed by atoms with E-state index in [0.29, 0.717) is 12.5 Å². The number of para-hydroxylation sites is 1. The summed E-state index contributed by atoms with van der Waals surface area (Å²) in [7, 11) is 0. The molecule has 2 heterocycles. The second-order valence-electron chi connectivity index (χ2n) is 5.26. The Morgan fingerprint density at radius 1 is 1.22 bits per heavy atom. The highest BCUT2D eigenvalue weighted by Crippen LogP contribution is 2.22. The van der Waals surface area contributed by atoms with E-state index >= 15 is 0 Å². The minimum atomic E-state index is 0.348.